The van der Waals surface area contributed by atoms with Crippen LogP contribution >= 0.6 is 15.9 Å². The van der Waals surface area contributed by atoms with Gasteiger partial charge in [-0.2, -0.15) is 9.78 Å². The van der Waals surface area contributed by atoms with Crippen molar-refractivity contribution in [3.63, 3.8) is 0 Å². The number of carbonyl (C=O) groups excluding carboxylic acids is 1. The monoisotopic (exact) mass is 354 g/mol. The number of halogens is 1. The predicted molar refractivity (Wildman–Crippen MR) is 80.3 cm³/mol. The molecule has 1 aromatic carbocycles. The first-order valence-corrected chi connectivity index (χ1v) is 7.90. The van der Waals surface area contributed by atoms with Gasteiger partial charge < -0.3 is 4.74 Å². The van der Waals surface area contributed by atoms with Gasteiger partial charge in [-0.05, 0) is 51.3 Å². The van der Waals surface area contributed by atoms with E-state index in [-0.39, 0.29) is 5.78 Å². The lowest BCUT2D eigenvalue weighted by Gasteiger charge is -2.45. The molecule has 114 valence electrons. The minimum atomic E-state index is -1.04. The van der Waals surface area contributed by atoms with Crippen molar-refractivity contribution < 1.29 is 19.3 Å². The summed E-state index contributed by atoms with van der Waals surface area (Å²) in [7, 11) is 0. The minimum absolute atomic E-state index is 0.0699. The van der Waals surface area contributed by atoms with Crippen molar-refractivity contribution in [2.24, 2.45) is 5.41 Å². The molecule has 0 amide bonds. The second-order valence-electron chi connectivity index (χ2n) is 6.29. The number of hydrogen-bond donors (Lipinski definition) is 0. The Bertz CT molecular complexity index is 572. The number of benzene rings is 1. The third kappa shape index (κ3) is 2.36. The molecular formula is C16H19BrO4. The minimum Gasteiger partial charge on any atom is -0.312 e. The SMILES string of the molecule is CC(=O)[C@]1(Cc2ccc(Br)cc2)CC[C@]2(C)OO[C@@]1(C)O2. The average molecular weight is 355 g/mol. The maximum atomic E-state index is 12.5. The molecule has 0 aromatic heterocycles. The molecule has 2 fully saturated rings. The molecule has 0 radical (unpaired) electrons. The van der Waals surface area contributed by atoms with Gasteiger partial charge in [0.15, 0.2) is 0 Å². The number of Topliss-reactive ketones (excluding diaryl/α,β-unsaturated/α-hetero) is 1. The molecule has 0 unspecified atom stereocenters. The smallest absolute Gasteiger partial charge is 0.214 e. The maximum Gasteiger partial charge on any atom is 0.214 e. The highest BCUT2D eigenvalue weighted by Crippen LogP contribution is 2.55. The lowest BCUT2D eigenvalue weighted by Crippen LogP contribution is -2.57. The summed E-state index contributed by atoms with van der Waals surface area (Å²) in [5, 5.41) is 0. The Kier molecular flexibility index (Phi) is 3.52. The van der Waals surface area contributed by atoms with Crippen LogP contribution in [0.4, 0.5) is 0 Å². The lowest BCUT2D eigenvalue weighted by molar-refractivity contribution is -0.350. The Morgan fingerprint density at radius 3 is 2.48 bits per heavy atom. The van der Waals surface area contributed by atoms with E-state index in [2.05, 4.69) is 15.9 Å². The van der Waals surface area contributed by atoms with Crippen molar-refractivity contribution in [2.75, 3.05) is 0 Å². The highest BCUT2D eigenvalue weighted by molar-refractivity contribution is 9.10. The van der Waals surface area contributed by atoms with Gasteiger partial charge in [-0.1, -0.05) is 28.1 Å². The van der Waals surface area contributed by atoms with Crippen LogP contribution in [0.3, 0.4) is 0 Å². The number of fused-ring (bicyclic) bond motifs is 2. The summed E-state index contributed by atoms with van der Waals surface area (Å²) < 4.78 is 6.99. The molecule has 4 nitrogen and oxygen atoms in total. The van der Waals surface area contributed by atoms with Gasteiger partial charge in [-0.3, -0.25) is 4.79 Å². The zero-order valence-corrected chi connectivity index (χ0v) is 14.0. The van der Waals surface area contributed by atoms with E-state index in [1.165, 1.54) is 0 Å². The van der Waals surface area contributed by atoms with E-state index in [9.17, 15) is 4.79 Å². The van der Waals surface area contributed by atoms with Crippen molar-refractivity contribution in [1.29, 1.82) is 0 Å². The molecule has 2 bridgehead atoms. The standard InChI is InChI=1S/C16H19BrO4/c1-11(18)16(10-12-4-6-13(17)7-5-12)9-8-14(2)19-15(16,3)21-20-14/h4-7H,8-10H2,1-3H3/t14-,15+,16+/m0/s1. The molecule has 0 saturated carbocycles. The summed E-state index contributed by atoms with van der Waals surface area (Å²) >= 11 is 3.43. The first-order chi connectivity index (χ1) is 9.79. The Morgan fingerprint density at radius 1 is 1.19 bits per heavy atom. The van der Waals surface area contributed by atoms with Crippen LogP contribution < -0.4 is 0 Å². The van der Waals surface area contributed by atoms with Gasteiger partial charge in [0.2, 0.25) is 11.6 Å². The van der Waals surface area contributed by atoms with Crippen molar-refractivity contribution in [3.8, 4) is 0 Å². The second-order valence-corrected chi connectivity index (χ2v) is 7.21. The Hall–Kier alpha value is -0.750. The van der Waals surface area contributed by atoms with Crippen LogP contribution in [0.1, 0.15) is 39.2 Å². The molecule has 2 aliphatic heterocycles. The van der Waals surface area contributed by atoms with Crippen molar-refractivity contribution in [2.45, 2.75) is 51.6 Å². The van der Waals surface area contributed by atoms with E-state index in [0.29, 0.717) is 19.3 Å². The molecule has 3 atom stereocenters. The zero-order valence-electron chi connectivity index (χ0n) is 12.4. The van der Waals surface area contributed by atoms with Gasteiger partial charge in [0, 0.05) is 10.9 Å². The fourth-order valence-electron chi connectivity index (χ4n) is 3.37. The molecule has 2 aliphatic rings. The van der Waals surface area contributed by atoms with Crippen LogP contribution in [-0.4, -0.2) is 17.4 Å². The number of carbonyl (C=O) groups is 1. The number of ketones is 1. The molecular weight excluding hydrogens is 336 g/mol. The van der Waals surface area contributed by atoms with E-state index in [1.807, 2.05) is 31.2 Å². The molecule has 3 rings (SSSR count). The van der Waals surface area contributed by atoms with Crippen LogP contribution in [0.25, 0.3) is 0 Å². The van der Waals surface area contributed by atoms with Crippen LogP contribution in [-0.2, 0) is 25.7 Å². The van der Waals surface area contributed by atoms with Gasteiger partial charge >= 0.3 is 0 Å². The second kappa shape index (κ2) is 4.88. The van der Waals surface area contributed by atoms with Crippen LogP contribution in [0.5, 0.6) is 0 Å². The largest absolute Gasteiger partial charge is 0.312 e. The van der Waals surface area contributed by atoms with Gasteiger partial charge in [0.25, 0.3) is 0 Å². The molecule has 1 aromatic rings. The summed E-state index contributed by atoms with van der Waals surface area (Å²) in [6.07, 6.45) is 1.90. The van der Waals surface area contributed by atoms with E-state index in [4.69, 9.17) is 14.5 Å². The van der Waals surface area contributed by atoms with Gasteiger partial charge in [0.1, 0.15) is 5.78 Å². The summed E-state index contributed by atoms with van der Waals surface area (Å²) in [4.78, 5) is 23.3. The summed E-state index contributed by atoms with van der Waals surface area (Å²) in [5.74, 6) is -1.72. The fourth-order valence-corrected chi connectivity index (χ4v) is 3.64. The topological polar surface area (TPSA) is 44.8 Å². The third-order valence-corrected chi connectivity index (χ3v) is 5.28. The predicted octanol–water partition coefficient (Wildman–Crippen LogP) is 3.77. The molecule has 0 aliphatic carbocycles. The highest BCUT2D eigenvalue weighted by Gasteiger charge is 2.66. The molecule has 0 spiro atoms. The Balaban J connectivity index is 1.97. The first kappa shape index (κ1) is 15.2. The molecule has 21 heavy (non-hydrogen) atoms. The third-order valence-electron chi connectivity index (χ3n) is 4.76. The average Bonchev–Trinajstić information content (AvgIpc) is 2.69. The van der Waals surface area contributed by atoms with Gasteiger partial charge in [-0.15, -0.1) is 0 Å². The molecule has 2 heterocycles. The van der Waals surface area contributed by atoms with E-state index < -0.39 is 17.0 Å². The normalized spacial score (nSPS) is 38.5. The quantitative estimate of drug-likeness (QED) is 0.775. The van der Waals surface area contributed by atoms with Crippen LogP contribution in [0.15, 0.2) is 28.7 Å². The van der Waals surface area contributed by atoms with Crippen molar-refractivity contribution >= 4 is 21.7 Å². The van der Waals surface area contributed by atoms with Crippen molar-refractivity contribution in [1.82, 2.24) is 0 Å². The Labute approximate surface area is 132 Å². The number of ether oxygens (including phenoxy) is 1. The Morgan fingerprint density at radius 2 is 1.86 bits per heavy atom. The van der Waals surface area contributed by atoms with Gasteiger partial charge in [-0.25, -0.2) is 0 Å². The molecule has 0 N–H and O–H groups in total. The zero-order chi connectivity index (χ0) is 15.3. The first-order valence-electron chi connectivity index (χ1n) is 7.11. The number of rotatable bonds is 3. The summed E-state index contributed by atoms with van der Waals surface area (Å²) in [6, 6.07) is 7.99. The van der Waals surface area contributed by atoms with Crippen molar-refractivity contribution in [3.05, 3.63) is 34.3 Å². The fraction of sp³-hybridized carbons (Fsp3) is 0.562. The van der Waals surface area contributed by atoms with E-state index >= 15 is 0 Å². The van der Waals surface area contributed by atoms with Gasteiger partial charge in [0.05, 0.1) is 5.41 Å². The molecule has 2 saturated heterocycles. The van der Waals surface area contributed by atoms with Crippen LogP contribution in [0, 0.1) is 5.41 Å². The highest BCUT2D eigenvalue weighted by atomic mass is 79.9. The number of hydrogen-bond acceptors (Lipinski definition) is 4. The van der Waals surface area contributed by atoms with E-state index in [1.54, 1.807) is 13.8 Å². The van der Waals surface area contributed by atoms with E-state index in [0.717, 1.165) is 10.0 Å². The summed E-state index contributed by atoms with van der Waals surface area (Å²) in [6.45, 7) is 5.26. The molecule has 5 heteroatoms. The lowest BCUT2D eigenvalue weighted by atomic mass is 9.67. The maximum absolute atomic E-state index is 12.5. The van der Waals surface area contributed by atoms with Crippen LogP contribution in [0.2, 0.25) is 0 Å². The summed E-state index contributed by atoms with van der Waals surface area (Å²) in [5.41, 5.74) is 0.356.